The number of para-hydroxylation sites is 1. The van der Waals surface area contributed by atoms with Crippen LogP contribution < -0.4 is 14.5 Å². The molecule has 0 aliphatic carbocycles. The summed E-state index contributed by atoms with van der Waals surface area (Å²) in [6.45, 7) is 0. The van der Waals surface area contributed by atoms with E-state index in [1.54, 1.807) is 16.9 Å². The van der Waals surface area contributed by atoms with Crippen molar-refractivity contribution >= 4 is 27.2 Å². The van der Waals surface area contributed by atoms with Crippen LogP contribution in [0.5, 0.6) is 5.75 Å². The standard InChI is InChI=1S/C10H5NO6S/c12-9-7-8(17-18(14,15)11-9)5-3-1-2-4-6(5)16-10(7)13/h1-4H,(H,11,12). The Bertz CT molecular complexity index is 835. The van der Waals surface area contributed by atoms with Crippen LogP contribution in [0.3, 0.4) is 0 Å². The number of nitrogens with one attached hydrogen (secondary N) is 1. The fourth-order valence-electron chi connectivity index (χ4n) is 1.70. The highest BCUT2D eigenvalue weighted by molar-refractivity contribution is 7.85. The second-order valence-corrected chi connectivity index (χ2v) is 4.84. The third-order valence-electron chi connectivity index (χ3n) is 2.40. The van der Waals surface area contributed by atoms with Gasteiger partial charge < -0.3 is 8.60 Å². The minimum Gasteiger partial charge on any atom is -0.422 e. The first kappa shape index (κ1) is 10.8. The first-order chi connectivity index (χ1) is 8.48. The average molecular weight is 267 g/mol. The Morgan fingerprint density at radius 2 is 1.83 bits per heavy atom. The number of hydrogen-bond donors (Lipinski definition) is 1. The number of carbonyl (C=O) groups excluding carboxylic acids is 1. The zero-order chi connectivity index (χ0) is 12.9. The van der Waals surface area contributed by atoms with Gasteiger partial charge in [-0.3, -0.25) is 4.79 Å². The Morgan fingerprint density at radius 1 is 1.11 bits per heavy atom. The molecule has 0 saturated heterocycles. The van der Waals surface area contributed by atoms with Crippen LogP contribution in [0.25, 0.3) is 11.0 Å². The van der Waals surface area contributed by atoms with E-state index in [0.717, 1.165) is 0 Å². The lowest BCUT2D eigenvalue weighted by Gasteiger charge is -2.16. The van der Waals surface area contributed by atoms with Gasteiger partial charge >= 0.3 is 15.9 Å². The fraction of sp³-hybridized carbons (Fsp3) is 0. The minimum atomic E-state index is -4.23. The normalized spacial score (nSPS) is 16.8. The highest BCUT2D eigenvalue weighted by Gasteiger charge is 2.33. The molecule has 3 rings (SSSR count). The van der Waals surface area contributed by atoms with Crippen molar-refractivity contribution in [2.24, 2.45) is 0 Å². The molecule has 0 fully saturated rings. The fourth-order valence-corrected chi connectivity index (χ4v) is 2.46. The lowest BCUT2D eigenvalue weighted by Crippen LogP contribution is -2.41. The first-order valence-electron chi connectivity index (χ1n) is 4.80. The number of benzene rings is 1. The Balaban J connectivity index is 2.50. The summed E-state index contributed by atoms with van der Waals surface area (Å²) in [6, 6.07) is 6.17. The van der Waals surface area contributed by atoms with E-state index in [2.05, 4.69) is 4.18 Å². The molecule has 0 saturated carbocycles. The molecule has 1 aromatic heterocycles. The van der Waals surface area contributed by atoms with Gasteiger partial charge in [0, 0.05) is 0 Å². The van der Waals surface area contributed by atoms with Gasteiger partial charge in [-0.15, -0.1) is 0 Å². The lowest BCUT2D eigenvalue weighted by molar-refractivity contribution is 0.0967. The van der Waals surface area contributed by atoms with Gasteiger partial charge in [-0.25, -0.2) is 9.52 Å². The van der Waals surface area contributed by atoms with Crippen molar-refractivity contribution in [3.8, 4) is 5.75 Å². The van der Waals surface area contributed by atoms with Gasteiger partial charge in [0.05, 0.1) is 5.39 Å². The Hall–Kier alpha value is -2.35. The predicted molar refractivity (Wildman–Crippen MR) is 59.5 cm³/mol. The van der Waals surface area contributed by atoms with Crippen LogP contribution >= 0.6 is 0 Å². The van der Waals surface area contributed by atoms with Gasteiger partial charge in [-0.1, -0.05) is 12.1 Å². The molecule has 0 bridgehead atoms. The number of rotatable bonds is 0. The molecule has 0 spiro atoms. The average Bonchev–Trinajstić information content (AvgIpc) is 2.26. The van der Waals surface area contributed by atoms with Crippen LogP contribution in [0.2, 0.25) is 0 Å². The van der Waals surface area contributed by atoms with E-state index in [4.69, 9.17) is 4.42 Å². The van der Waals surface area contributed by atoms with E-state index in [1.807, 2.05) is 0 Å². The molecule has 7 nitrogen and oxygen atoms in total. The molecule has 0 unspecified atom stereocenters. The van der Waals surface area contributed by atoms with Crippen LogP contribution in [0.1, 0.15) is 10.4 Å². The summed E-state index contributed by atoms with van der Waals surface area (Å²) in [5.74, 6) is -1.36. The lowest BCUT2D eigenvalue weighted by atomic mass is 10.1. The number of carbonyl (C=O) groups is 1. The van der Waals surface area contributed by atoms with Gasteiger partial charge in [0.25, 0.3) is 5.91 Å². The third-order valence-corrected chi connectivity index (χ3v) is 3.22. The van der Waals surface area contributed by atoms with Crippen molar-refractivity contribution in [1.82, 2.24) is 4.72 Å². The molecule has 0 radical (unpaired) electrons. The smallest absolute Gasteiger partial charge is 0.410 e. The van der Waals surface area contributed by atoms with E-state index >= 15 is 0 Å². The summed E-state index contributed by atoms with van der Waals surface area (Å²) < 4.78 is 33.7. The van der Waals surface area contributed by atoms with Crippen molar-refractivity contribution < 1.29 is 21.8 Å². The van der Waals surface area contributed by atoms with Crippen LogP contribution in [0, 0.1) is 0 Å². The molecule has 1 N–H and O–H groups in total. The molecule has 1 aliphatic rings. The second kappa shape index (κ2) is 3.33. The summed E-state index contributed by atoms with van der Waals surface area (Å²) in [7, 11) is -4.23. The maximum Gasteiger partial charge on any atom is 0.410 e. The van der Waals surface area contributed by atoms with Crippen LogP contribution in [0.15, 0.2) is 33.5 Å². The highest BCUT2D eigenvalue weighted by atomic mass is 32.2. The first-order valence-corrected chi connectivity index (χ1v) is 6.21. The molecule has 2 aromatic rings. The van der Waals surface area contributed by atoms with Crippen molar-refractivity contribution in [2.45, 2.75) is 0 Å². The van der Waals surface area contributed by atoms with Crippen molar-refractivity contribution in [3.63, 3.8) is 0 Å². The van der Waals surface area contributed by atoms with Gasteiger partial charge in [0.1, 0.15) is 5.58 Å². The number of amides is 1. The van der Waals surface area contributed by atoms with E-state index in [0.29, 0.717) is 0 Å². The molecular formula is C10H5NO6S. The quantitative estimate of drug-likeness (QED) is 0.682. The summed E-state index contributed by atoms with van der Waals surface area (Å²) in [4.78, 5) is 23.1. The summed E-state index contributed by atoms with van der Waals surface area (Å²) in [5, 5.41) is 0.241. The number of hydrogen-bond acceptors (Lipinski definition) is 6. The van der Waals surface area contributed by atoms with Crippen LogP contribution in [-0.2, 0) is 10.3 Å². The molecule has 2 heterocycles. The van der Waals surface area contributed by atoms with Crippen LogP contribution in [0.4, 0.5) is 0 Å². The largest absolute Gasteiger partial charge is 0.422 e. The Labute approximate surface area is 100 Å². The molecule has 8 heteroatoms. The van der Waals surface area contributed by atoms with E-state index in [9.17, 15) is 18.0 Å². The summed E-state index contributed by atoms with van der Waals surface area (Å²) in [5.41, 5.74) is -1.26. The van der Waals surface area contributed by atoms with Crippen molar-refractivity contribution in [1.29, 1.82) is 0 Å². The molecule has 1 aromatic carbocycles. The predicted octanol–water partition coefficient (Wildman–Crippen LogP) is 0.160. The van der Waals surface area contributed by atoms with Gasteiger partial charge in [0.2, 0.25) is 0 Å². The maximum atomic E-state index is 11.6. The Morgan fingerprint density at radius 3 is 2.61 bits per heavy atom. The zero-order valence-corrected chi connectivity index (χ0v) is 9.48. The summed E-state index contributed by atoms with van der Waals surface area (Å²) in [6.07, 6.45) is 0. The van der Waals surface area contributed by atoms with Crippen molar-refractivity contribution in [2.75, 3.05) is 0 Å². The third kappa shape index (κ3) is 1.46. The second-order valence-electron chi connectivity index (χ2n) is 3.56. The van der Waals surface area contributed by atoms with E-state index in [1.165, 1.54) is 12.1 Å². The van der Waals surface area contributed by atoms with Gasteiger partial charge in [-0.05, 0) is 12.1 Å². The van der Waals surface area contributed by atoms with E-state index in [-0.39, 0.29) is 16.7 Å². The zero-order valence-electron chi connectivity index (χ0n) is 8.67. The van der Waals surface area contributed by atoms with Crippen LogP contribution in [-0.4, -0.2) is 14.3 Å². The molecule has 1 amide bonds. The molecule has 18 heavy (non-hydrogen) atoms. The van der Waals surface area contributed by atoms with Crippen molar-refractivity contribution in [3.05, 3.63) is 40.2 Å². The molecule has 0 atom stereocenters. The Kier molecular flexibility index (Phi) is 1.99. The molecule has 92 valence electrons. The molecule has 1 aliphatic heterocycles. The maximum absolute atomic E-state index is 11.6. The van der Waals surface area contributed by atoms with Gasteiger partial charge in [-0.2, -0.15) is 8.42 Å². The van der Waals surface area contributed by atoms with Gasteiger partial charge in [0.15, 0.2) is 11.3 Å². The van der Waals surface area contributed by atoms with E-state index < -0.39 is 27.4 Å². The summed E-state index contributed by atoms with van der Waals surface area (Å²) >= 11 is 0. The highest BCUT2D eigenvalue weighted by Crippen LogP contribution is 2.30. The SMILES string of the molecule is O=C1NS(=O)(=O)Oc2c1c(=O)oc1ccccc21. The monoisotopic (exact) mass is 267 g/mol. The number of fused-ring (bicyclic) bond motifs is 3. The molecular weight excluding hydrogens is 262 g/mol. The minimum absolute atomic E-state index is 0.145. The topological polar surface area (TPSA) is 103 Å².